The highest BCUT2D eigenvalue weighted by molar-refractivity contribution is 6.49. The van der Waals surface area contributed by atoms with Crippen molar-refractivity contribution in [1.29, 1.82) is 0 Å². The maximum absolute atomic E-state index is 13.0. The Labute approximate surface area is 176 Å². The Morgan fingerprint density at radius 3 is 1.53 bits per heavy atom. The van der Waals surface area contributed by atoms with Gasteiger partial charge in [0, 0.05) is 0 Å². The van der Waals surface area contributed by atoms with Gasteiger partial charge in [-0.25, -0.2) is 0 Å². The summed E-state index contributed by atoms with van der Waals surface area (Å²) in [6.45, 7) is 15.1. The van der Waals surface area contributed by atoms with Crippen molar-refractivity contribution in [2.24, 2.45) is 0 Å². The van der Waals surface area contributed by atoms with Crippen LogP contribution in [-0.2, 0) is 29.4 Å². The van der Waals surface area contributed by atoms with Crippen molar-refractivity contribution in [3.63, 3.8) is 0 Å². The summed E-state index contributed by atoms with van der Waals surface area (Å²) in [7, 11) is -1.88. The van der Waals surface area contributed by atoms with E-state index in [1.165, 1.54) is 12.1 Å². The summed E-state index contributed by atoms with van der Waals surface area (Å²) in [6, 6.07) is 3.90. The number of rotatable bonds is 4. The van der Waals surface area contributed by atoms with Crippen LogP contribution >= 0.6 is 0 Å². The predicted molar refractivity (Wildman–Crippen MR) is 107 cm³/mol. The summed E-state index contributed by atoms with van der Waals surface area (Å²) in [5.41, 5.74) is -2.80. The Morgan fingerprint density at radius 2 is 1.13 bits per heavy atom. The van der Waals surface area contributed by atoms with Gasteiger partial charge in [-0.05, 0) is 73.1 Å². The molecule has 2 aliphatic heterocycles. The number of hydrogen-bond acceptors (Lipinski definition) is 5. The van der Waals surface area contributed by atoms with Gasteiger partial charge < -0.3 is 23.3 Å². The Bertz CT molecular complexity index is 746. The first-order valence-corrected chi connectivity index (χ1v) is 9.99. The van der Waals surface area contributed by atoms with E-state index in [0.29, 0.717) is 5.56 Å². The molecule has 5 nitrogen and oxygen atoms in total. The highest BCUT2D eigenvalue weighted by Gasteiger charge is 2.58. The Balaban J connectivity index is 1.90. The van der Waals surface area contributed by atoms with E-state index in [1.54, 1.807) is 0 Å². The van der Waals surface area contributed by atoms with E-state index in [1.807, 2.05) is 55.4 Å². The molecule has 0 aromatic heterocycles. The summed E-state index contributed by atoms with van der Waals surface area (Å²) < 4.78 is 69.2. The topological polar surface area (TPSA) is 46.2 Å². The number of benzene rings is 1. The lowest BCUT2D eigenvalue weighted by Crippen LogP contribution is -2.41. The predicted octanol–water partition coefficient (Wildman–Crippen LogP) is 4.98. The van der Waals surface area contributed by atoms with Crippen LogP contribution in [0.1, 0.15) is 72.5 Å². The van der Waals surface area contributed by atoms with Crippen molar-refractivity contribution in [3.8, 4) is 0 Å². The van der Waals surface area contributed by atoms with Gasteiger partial charge in [0.2, 0.25) is 0 Å². The first-order chi connectivity index (χ1) is 13.5. The molecular formula is C20H29B2F3O5. The Hall–Kier alpha value is -1.06. The van der Waals surface area contributed by atoms with Gasteiger partial charge in [0.15, 0.2) is 0 Å². The molecule has 30 heavy (non-hydrogen) atoms. The zero-order valence-corrected chi connectivity index (χ0v) is 18.7. The first kappa shape index (κ1) is 23.6. The van der Waals surface area contributed by atoms with Gasteiger partial charge in [0.1, 0.15) is 6.00 Å². The molecule has 0 amide bonds. The van der Waals surface area contributed by atoms with Crippen LogP contribution in [0.5, 0.6) is 0 Å². The van der Waals surface area contributed by atoms with E-state index in [2.05, 4.69) is 0 Å². The van der Waals surface area contributed by atoms with Gasteiger partial charge >= 0.3 is 20.6 Å². The second-order valence-corrected chi connectivity index (χ2v) is 9.85. The zero-order chi connectivity index (χ0) is 22.8. The normalized spacial score (nSPS) is 25.6. The highest BCUT2D eigenvalue weighted by atomic mass is 19.4. The van der Waals surface area contributed by atoms with E-state index in [9.17, 15) is 13.2 Å². The molecule has 0 N–H and O–H groups in total. The zero-order valence-electron chi connectivity index (χ0n) is 18.7. The van der Waals surface area contributed by atoms with Crippen molar-refractivity contribution in [2.75, 3.05) is 0 Å². The molecule has 1 aromatic rings. The van der Waals surface area contributed by atoms with Gasteiger partial charge in [0.25, 0.3) is 0 Å². The molecule has 0 bridgehead atoms. The highest BCUT2D eigenvalue weighted by Crippen LogP contribution is 2.44. The van der Waals surface area contributed by atoms with Crippen LogP contribution in [0.2, 0.25) is 0 Å². The van der Waals surface area contributed by atoms with Crippen molar-refractivity contribution < 1.29 is 36.4 Å². The molecule has 2 fully saturated rings. The van der Waals surface area contributed by atoms with E-state index in [0.717, 1.165) is 12.1 Å². The Morgan fingerprint density at radius 1 is 0.733 bits per heavy atom. The van der Waals surface area contributed by atoms with Crippen molar-refractivity contribution >= 4 is 14.4 Å². The standard InChI is InChI=1S/C20H29B2F3O5/c1-16(2)17(3,4)28-21(27-16)15(13-9-11-14(12-10-13)20(23,24)25)26-22-29-18(5,6)19(7,8)30-22/h9-12,15H,1-8H3. The largest absolute Gasteiger partial charge is 0.640 e. The van der Waals surface area contributed by atoms with E-state index < -0.39 is 54.6 Å². The van der Waals surface area contributed by atoms with Crippen molar-refractivity contribution in [3.05, 3.63) is 35.4 Å². The van der Waals surface area contributed by atoms with Gasteiger partial charge in [-0.2, -0.15) is 13.2 Å². The number of alkyl halides is 3. The van der Waals surface area contributed by atoms with Gasteiger partial charge in [-0.1, -0.05) is 12.1 Å². The second kappa shape index (κ2) is 7.24. The monoisotopic (exact) mass is 428 g/mol. The minimum atomic E-state index is -4.43. The molecule has 0 radical (unpaired) electrons. The molecule has 166 valence electrons. The average molecular weight is 428 g/mol. The maximum Gasteiger partial charge on any atom is 0.640 e. The van der Waals surface area contributed by atoms with Crippen molar-refractivity contribution in [2.45, 2.75) is 90.0 Å². The summed E-state index contributed by atoms with van der Waals surface area (Å²) in [5, 5.41) is 0. The molecule has 1 aromatic carbocycles. The molecule has 2 aliphatic rings. The molecule has 2 saturated heterocycles. The fourth-order valence-corrected chi connectivity index (χ4v) is 3.14. The van der Waals surface area contributed by atoms with Gasteiger partial charge in [-0.3, -0.25) is 0 Å². The third kappa shape index (κ3) is 4.30. The van der Waals surface area contributed by atoms with Gasteiger partial charge in [-0.15, -0.1) is 0 Å². The molecule has 1 atom stereocenters. The minimum Gasteiger partial charge on any atom is -0.401 e. The van der Waals surface area contributed by atoms with Crippen LogP contribution in [0.25, 0.3) is 0 Å². The molecule has 0 saturated carbocycles. The van der Waals surface area contributed by atoms with Crippen LogP contribution in [0.4, 0.5) is 13.2 Å². The molecule has 3 rings (SSSR count). The van der Waals surface area contributed by atoms with Gasteiger partial charge in [0.05, 0.1) is 28.0 Å². The average Bonchev–Trinajstić information content (AvgIpc) is 2.91. The maximum atomic E-state index is 13.0. The number of halogens is 3. The third-order valence-corrected chi connectivity index (χ3v) is 6.57. The fourth-order valence-electron chi connectivity index (χ4n) is 3.14. The molecule has 2 heterocycles. The van der Waals surface area contributed by atoms with Crippen LogP contribution in [0.3, 0.4) is 0 Å². The summed E-state index contributed by atoms with van der Waals surface area (Å²) in [6.07, 6.45) is -4.43. The summed E-state index contributed by atoms with van der Waals surface area (Å²) in [4.78, 5) is 0. The Kier molecular flexibility index (Phi) is 5.69. The third-order valence-electron chi connectivity index (χ3n) is 6.57. The van der Waals surface area contributed by atoms with E-state index in [-0.39, 0.29) is 0 Å². The van der Waals surface area contributed by atoms with Crippen LogP contribution in [-0.4, -0.2) is 36.8 Å². The lowest BCUT2D eigenvalue weighted by molar-refractivity contribution is -0.137. The smallest absolute Gasteiger partial charge is 0.401 e. The molecule has 10 heteroatoms. The summed E-state index contributed by atoms with van der Waals surface area (Å²) >= 11 is 0. The molecule has 0 aliphatic carbocycles. The quantitative estimate of drug-likeness (QED) is 0.634. The molecule has 0 spiro atoms. The number of hydrogen-bond donors (Lipinski definition) is 0. The van der Waals surface area contributed by atoms with Crippen molar-refractivity contribution in [1.82, 2.24) is 0 Å². The second-order valence-electron chi connectivity index (χ2n) is 9.85. The SMILES string of the molecule is CC1(C)OB(OC(B2OC(C)(C)C(C)(C)O2)c2ccc(C(F)(F)F)cc2)OC1(C)C. The van der Waals surface area contributed by atoms with E-state index >= 15 is 0 Å². The van der Waals surface area contributed by atoms with E-state index in [4.69, 9.17) is 23.3 Å². The van der Waals surface area contributed by atoms with Crippen LogP contribution in [0, 0.1) is 0 Å². The van der Waals surface area contributed by atoms with Crippen LogP contribution < -0.4 is 0 Å². The fraction of sp³-hybridized carbons (Fsp3) is 0.700. The lowest BCUT2D eigenvalue weighted by Gasteiger charge is -2.32. The first-order valence-electron chi connectivity index (χ1n) is 9.99. The summed E-state index contributed by atoms with van der Waals surface area (Å²) in [5.74, 6) is 0. The lowest BCUT2D eigenvalue weighted by atomic mass is 9.75. The minimum absolute atomic E-state index is 0.469. The van der Waals surface area contributed by atoms with Crippen LogP contribution in [0.15, 0.2) is 24.3 Å². The molecular weight excluding hydrogens is 399 g/mol. The molecule has 1 unspecified atom stereocenters.